The Morgan fingerprint density at radius 1 is 0.355 bits per heavy atom. The zero-order valence-electron chi connectivity index (χ0n) is 33.4. The van der Waals surface area contributed by atoms with Crippen molar-refractivity contribution < 1.29 is 8.83 Å². The van der Waals surface area contributed by atoms with E-state index in [9.17, 15) is 0 Å². The number of fused-ring (bicyclic) bond motifs is 10. The summed E-state index contributed by atoms with van der Waals surface area (Å²) in [5, 5.41) is 9.42. The number of nitrogens with zero attached hydrogens (tertiary/aromatic N) is 1. The summed E-state index contributed by atoms with van der Waals surface area (Å²) in [6.45, 7) is 0. The summed E-state index contributed by atoms with van der Waals surface area (Å²) in [5.74, 6) is 0. The van der Waals surface area contributed by atoms with Crippen LogP contribution in [0.3, 0.4) is 0 Å². The van der Waals surface area contributed by atoms with Crippen molar-refractivity contribution in [3.8, 4) is 33.4 Å². The molecule has 0 aliphatic rings. The molecule has 4 heteroatoms. The molecule has 290 valence electrons. The minimum absolute atomic E-state index is 0.825. The zero-order chi connectivity index (χ0) is 40.7. The second-order valence-electron chi connectivity index (χ2n) is 16.0. The van der Waals surface area contributed by atoms with Crippen LogP contribution in [0.25, 0.3) is 108 Å². The molecule has 0 aliphatic heterocycles. The van der Waals surface area contributed by atoms with E-state index in [-0.39, 0.29) is 0 Å². The second kappa shape index (κ2) is 13.8. The molecule has 13 aromatic rings. The van der Waals surface area contributed by atoms with Crippen molar-refractivity contribution in [1.82, 2.24) is 0 Å². The maximum Gasteiger partial charge on any atom is 0.160 e. The highest BCUT2D eigenvalue weighted by molar-refractivity contribution is 7.26. The quantitative estimate of drug-likeness (QED) is 0.168. The molecule has 0 aliphatic carbocycles. The Hall–Kier alpha value is -7.92. The average molecular weight is 810 g/mol. The number of hydrogen-bond donors (Lipinski definition) is 0. The molecule has 0 saturated carbocycles. The first-order chi connectivity index (χ1) is 30.7. The van der Waals surface area contributed by atoms with Gasteiger partial charge in [-0.15, -0.1) is 11.3 Å². The van der Waals surface area contributed by atoms with Crippen LogP contribution < -0.4 is 4.90 Å². The molecule has 62 heavy (non-hydrogen) atoms. The van der Waals surface area contributed by atoms with Gasteiger partial charge in [0.15, 0.2) is 5.58 Å². The lowest BCUT2D eigenvalue weighted by molar-refractivity contribution is 0.668. The van der Waals surface area contributed by atoms with Gasteiger partial charge in [0, 0.05) is 53.1 Å². The first-order valence-corrected chi connectivity index (χ1v) is 21.8. The minimum Gasteiger partial charge on any atom is -0.456 e. The molecule has 0 unspecified atom stereocenters. The number of rotatable bonds is 6. The van der Waals surface area contributed by atoms with E-state index in [0.717, 1.165) is 77.6 Å². The van der Waals surface area contributed by atoms with Gasteiger partial charge in [-0.1, -0.05) is 152 Å². The minimum atomic E-state index is 0.825. The van der Waals surface area contributed by atoms with Gasteiger partial charge in [-0.3, -0.25) is 0 Å². The van der Waals surface area contributed by atoms with Gasteiger partial charge in [0.25, 0.3) is 0 Å². The summed E-state index contributed by atoms with van der Waals surface area (Å²) in [5.41, 5.74) is 13.4. The van der Waals surface area contributed by atoms with Crippen LogP contribution in [0, 0.1) is 0 Å². The van der Waals surface area contributed by atoms with Gasteiger partial charge < -0.3 is 13.7 Å². The number of para-hydroxylation sites is 2. The van der Waals surface area contributed by atoms with Crippen LogP contribution >= 0.6 is 11.3 Å². The molecule has 0 fully saturated rings. The lowest BCUT2D eigenvalue weighted by Gasteiger charge is -2.26. The van der Waals surface area contributed by atoms with Crippen molar-refractivity contribution in [2.24, 2.45) is 0 Å². The summed E-state index contributed by atoms with van der Waals surface area (Å²) in [4.78, 5) is 2.34. The maximum absolute atomic E-state index is 6.99. The van der Waals surface area contributed by atoms with Crippen molar-refractivity contribution in [3.63, 3.8) is 0 Å². The molecule has 0 atom stereocenters. The van der Waals surface area contributed by atoms with E-state index in [1.807, 2.05) is 29.5 Å². The standard InChI is InChI=1S/C58H35NO2S/c1-2-12-39-35-40(24-23-36(39)11-1)37-25-29-41(30-26-37)59(42-31-27-38(28-32-42)43-16-9-18-47-44-13-5-8-22-54(44)62-58(43)47)50-34-33-46(56-49-15-4-7-20-52(49)61-57(50)56)45-17-10-21-53-55(45)48-14-3-6-19-51(48)60-53/h1-35H. The lowest BCUT2D eigenvalue weighted by atomic mass is 9.94. The zero-order valence-corrected chi connectivity index (χ0v) is 34.2. The van der Waals surface area contributed by atoms with E-state index in [1.54, 1.807) is 0 Å². The Balaban J connectivity index is 1.01. The molecule has 0 spiro atoms. The summed E-state index contributed by atoms with van der Waals surface area (Å²) in [7, 11) is 0. The SMILES string of the molecule is c1ccc2cc(-c3ccc(N(c4ccc(-c5cccc6c5sc5ccccc56)cc4)c4ccc(-c5cccc6oc7ccccc7c56)c5c4oc4ccccc45)cc3)ccc2c1. The largest absolute Gasteiger partial charge is 0.456 e. The number of hydrogen-bond acceptors (Lipinski definition) is 4. The smallest absolute Gasteiger partial charge is 0.160 e. The van der Waals surface area contributed by atoms with Gasteiger partial charge in [0.2, 0.25) is 0 Å². The van der Waals surface area contributed by atoms with Gasteiger partial charge in [-0.25, -0.2) is 0 Å². The van der Waals surface area contributed by atoms with Crippen molar-refractivity contribution >= 4 is 103 Å². The van der Waals surface area contributed by atoms with E-state index < -0.39 is 0 Å². The first-order valence-electron chi connectivity index (χ1n) is 21.0. The van der Waals surface area contributed by atoms with Crippen LogP contribution in [0.4, 0.5) is 17.1 Å². The van der Waals surface area contributed by atoms with Gasteiger partial charge in [0.05, 0.1) is 5.69 Å². The van der Waals surface area contributed by atoms with Crippen LogP contribution in [0.1, 0.15) is 0 Å². The summed E-state index contributed by atoms with van der Waals surface area (Å²) < 4.78 is 16.0. The van der Waals surface area contributed by atoms with Gasteiger partial charge in [0.1, 0.15) is 16.7 Å². The van der Waals surface area contributed by atoms with Crippen molar-refractivity contribution in [1.29, 1.82) is 0 Å². The lowest BCUT2D eigenvalue weighted by Crippen LogP contribution is -2.10. The fourth-order valence-corrected chi connectivity index (χ4v) is 10.8. The Morgan fingerprint density at radius 2 is 0.935 bits per heavy atom. The molecule has 10 aromatic carbocycles. The van der Waals surface area contributed by atoms with E-state index in [2.05, 4.69) is 199 Å². The molecule has 3 nitrogen and oxygen atoms in total. The van der Waals surface area contributed by atoms with E-state index in [4.69, 9.17) is 8.83 Å². The summed E-state index contributed by atoms with van der Waals surface area (Å²) in [6.07, 6.45) is 0. The van der Waals surface area contributed by atoms with Gasteiger partial charge in [-0.05, 0) is 105 Å². The maximum atomic E-state index is 6.99. The molecule has 0 bridgehead atoms. The van der Waals surface area contributed by atoms with Crippen LogP contribution in [-0.4, -0.2) is 0 Å². The molecule has 0 saturated heterocycles. The van der Waals surface area contributed by atoms with Crippen LogP contribution in [-0.2, 0) is 0 Å². The number of anilines is 3. The number of furan rings is 2. The predicted octanol–water partition coefficient (Wildman–Crippen LogP) is 17.5. The van der Waals surface area contributed by atoms with Crippen molar-refractivity contribution in [2.45, 2.75) is 0 Å². The highest BCUT2D eigenvalue weighted by Gasteiger charge is 2.24. The Bertz CT molecular complexity index is 3870. The first kappa shape index (κ1) is 34.9. The normalized spacial score (nSPS) is 11.9. The fraction of sp³-hybridized carbons (Fsp3) is 0. The molecule has 3 aromatic heterocycles. The highest BCUT2D eigenvalue weighted by atomic mass is 32.1. The highest BCUT2D eigenvalue weighted by Crippen LogP contribution is 2.49. The van der Waals surface area contributed by atoms with E-state index in [0.29, 0.717) is 0 Å². The second-order valence-corrected chi connectivity index (χ2v) is 17.0. The molecule has 0 radical (unpaired) electrons. The third kappa shape index (κ3) is 5.44. The number of thiophene rings is 1. The number of benzene rings is 10. The fourth-order valence-electron chi connectivity index (χ4n) is 9.58. The molecule has 0 N–H and O–H groups in total. The van der Waals surface area contributed by atoms with Crippen LogP contribution in [0.15, 0.2) is 221 Å². The monoisotopic (exact) mass is 809 g/mol. The topological polar surface area (TPSA) is 29.5 Å². The summed E-state index contributed by atoms with van der Waals surface area (Å²) >= 11 is 1.86. The van der Waals surface area contributed by atoms with Gasteiger partial charge in [-0.2, -0.15) is 0 Å². The van der Waals surface area contributed by atoms with Crippen molar-refractivity contribution in [2.75, 3.05) is 4.90 Å². The van der Waals surface area contributed by atoms with Crippen LogP contribution in [0.2, 0.25) is 0 Å². The van der Waals surface area contributed by atoms with E-state index in [1.165, 1.54) is 47.6 Å². The molecule has 0 amide bonds. The molecular formula is C58H35NO2S. The van der Waals surface area contributed by atoms with E-state index >= 15 is 0 Å². The molecule has 13 rings (SSSR count). The van der Waals surface area contributed by atoms with Gasteiger partial charge >= 0.3 is 0 Å². The summed E-state index contributed by atoms with van der Waals surface area (Å²) in [6, 6.07) is 76.1. The third-order valence-electron chi connectivity index (χ3n) is 12.5. The Morgan fingerprint density at radius 3 is 1.74 bits per heavy atom. The molecular weight excluding hydrogens is 775 g/mol. The average Bonchev–Trinajstić information content (AvgIpc) is 4.04. The van der Waals surface area contributed by atoms with Crippen molar-refractivity contribution in [3.05, 3.63) is 212 Å². The predicted molar refractivity (Wildman–Crippen MR) is 262 cm³/mol. The molecule has 3 heterocycles. The Kier molecular flexibility index (Phi) is 7.78. The third-order valence-corrected chi connectivity index (χ3v) is 13.7. The van der Waals surface area contributed by atoms with Crippen LogP contribution in [0.5, 0.6) is 0 Å². The Labute approximate surface area is 360 Å².